The zero-order chi connectivity index (χ0) is 37.7. The van der Waals surface area contributed by atoms with Crippen LogP contribution in [0.15, 0.2) is 78.7 Å². The highest BCUT2D eigenvalue weighted by molar-refractivity contribution is 6.35. The summed E-state index contributed by atoms with van der Waals surface area (Å²) in [5.74, 6) is -3.86. The van der Waals surface area contributed by atoms with Crippen LogP contribution < -0.4 is 5.32 Å². The first-order valence-corrected chi connectivity index (χ1v) is 18.7. The molecule has 0 bridgehead atoms. The summed E-state index contributed by atoms with van der Waals surface area (Å²) in [5, 5.41) is 29.0. The van der Waals surface area contributed by atoms with Gasteiger partial charge in [0.05, 0.1) is 16.7 Å². The number of rotatable bonds is 7. The smallest absolute Gasteiger partial charge is 0.338 e. The van der Waals surface area contributed by atoms with Crippen LogP contribution in [0.5, 0.6) is 0 Å². The summed E-state index contributed by atoms with van der Waals surface area (Å²) in [6, 6.07) is 12.2. The molecular weight excluding hydrogens is 699 g/mol. The normalized spacial score (nSPS) is 36.9. The number of nitrogens with one attached hydrogen (secondary N) is 1. The van der Waals surface area contributed by atoms with Crippen molar-refractivity contribution in [1.29, 1.82) is 0 Å². The summed E-state index contributed by atoms with van der Waals surface area (Å²) >= 11 is 6.28. The van der Waals surface area contributed by atoms with E-state index in [1.54, 1.807) is 63.5 Å². The van der Waals surface area contributed by atoms with Crippen molar-refractivity contribution >= 4 is 51.5 Å². The lowest BCUT2D eigenvalue weighted by molar-refractivity contribution is -0.219. The molecule has 5 aliphatic carbocycles. The summed E-state index contributed by atoms with van der Waals surface area (Å²) in [6.45, 7) is 4.53. The van der Waals surface area contributed by atoms with E-state index in [2.05, 4.69) is 10.3 Å². The Bertz CT molecular complexity index is 2150. The molecule has 0 spiro atoms. The Morgan fingerprint density at radius 2 is 1.89 bits per heavy atom. The van der Waals surface area contributed by atoms with E-state index in [4.69, 9.17) is 16.3 Å². The fourth-order valence-corrected chi connectivity index (χ4v) is 10.9. The van der Waals surface area contributed by atoms with Gasteiger partial charge in [0, 0.05) is 51.5 Å². The van der Waals surface area contributed by atoms with Crippen LogP contribution >= 0.6 is 11.6 Å². The average molecular weight is 741 g/mol. The number of aliphatic hydroxyl groups is 2. The minimum Gasteiger partial charge on any atom is -0.454 e. The van der Waals surface area contributed by atoms with Crippen molar-refractivity contribution in [2.45, 2.75) is 76.2 Å². The largest absolute Gasteiger partial charge is 0.454 e. The lowest BCUT2D eigenvalue weighted by Gasteiger charge is -2.62. The number of carbonyl (C=O) groups is 4. The van der Waals surface area contributed by atoms with Crippen molar-refractivity contribution < 1.29 is 38.5 Å². The summed E-state index contributed by atoms with van der Waals surface area (Å²) in [5.41, 5.74) is -4.15. The second-order valence-corrected chi connectivity index (χ2v) is 16.7. The number of alkyl halides is 1. The number of ketones is 2. The van der Waals surface area contributed by atoms with Crippen molar-refractivity contribution in [2.75, 3.05) is 11.9 Å². The van der Waals surface area contributed by atoms with Gasteiger partial charge in [-0.05, 0) is 98.8 Å². The van der Waals surface area contributed by atoms with E-state index >= 15 is 4.39 Å². The molecule has 1 aromatic heterocycles. The number of esters is 1. The van der Waals surface area contributed by atoms with E-state index in [-0.39, 0.29) is 35.5 Å². The summed E-state index contributed by atoms with van der Waals surface area (Å²) in [4.78, 5) is 56.6. The van der Waals surface area contributed by atoms with Crippen LogP contribution in [0, 0.1) is 34.5 Å². The number of aliphatic hydroxyl groups excluding tert-OH is 1. The fourth-order valence-electron chi connectivity index (χ4n) is 10.7. The molecule has 5 aliphatic rings. The number of ether oxygens (including phenoxy) is 1. The molecule has 10 atom stereocenters. The molecule has 3 aromatic rings. The van der Waals surface area contributed by atoms with Crippen LogP contribution in [0.3, 0.4) is 0 Å². The maximum Gasteiger partial charge on any atom is 0.338 e. The number of anilines is 1. The van der Waals surface area contributed by atoms with Crippen molar-refractivity contribution in [3.05, 3.63) is 94.8 Å². The Balaban J connectivity index is 0.934. The number of benzene rings is 2. The zero-order valence-corrected chi connectivity index (χ0v) is 30.5. The van der Waals surface area contributed by atoms with Gasteiger partial charge in [-0.3, -0.25) is 19.4 Å². The predicted molar refractivity (Wildman–Crippen MR) is 196 cm³/mol. The maximum absolute atomic E-state index is 17.5. The molecule has 0 radical (unpaired) electrons. The van der Waals surface area contributed by atoms with E-state index in [9.17, 15) is 29.4 Å². The van der Waals surface area contributed by atoms with Gasteiger partial charge in [0.25, 0.3) is 0 Å². The van der Waals surface area contributed by atoms with E-state index in [1.165, 1.54) is 12.2 Å². The molecule has 4 fully saturated rings. The second-order valence-electron chi connectivity index (χ2n) is 16.3. The number of halogens is 2. The Hall–Kier alpha value is -4.25. The lowest BCUT2D eigenvalue weighted by atomic mass is 9.44. The number of hydrogen-bond acceptors (Lipinski definition) is 8. The minimum absolute atomic E-state index is 0.104. The Kier molecular flexibility index (Phi) is 8.37. The van der Waals surface area contributed by atoms with Crippen LogP contribution in [-0.4, -0.2) is 62.6 Å². The first kappa shape index (κ1) is 35.8. The Morgan fingerprint density at radius 3 is 2.68 bits per heavy atom. The van der Waals surface area contributed by atoms with Crippen molar-refractivity contribution in [2.24, 2.45) is 34.5 Å². The SMILES string of the molecule is C[C@@H]1C[C@H]2[C@@H]3CCC4=CC(=O)C=C[C@]4(C)[C@@]3(F)[C@@H](O)C[C@]2(C)[C@@]1(O)C(=O)COC(=O)c1cccc([C@@H]2C[C@H]2C(=O)Nc2ccc3cncc(Cl)c3c2)c1. The van der Waals surface area contributed by atoms with Crippen molar-refractivity contribution in [3.63, 3.8) is 0 Å². The van der Waals surface area contributed by atoms with Crippen molar-refractivity contribution in [1.82, 2.24) is 4.98 Å². The molecule has 1 amide bonds. The van der Waals surface area contributed by atoms with Crippen LogP contribution in [0.4, 0.5) is 10.1 Å². The highest BCUT2D eigenvalue weighted by atomic mass is 35.5. The number of hydrogen-bond donors (Lipinski definition) is 3. The number of aromatic nitrogens is 1. The maximum atomic E-state index is 17.5. The molecule has 1 heterocycles. The van der Waals surface area contributed by atoms with Gasteiger partial charge < -0.3 is 20.3 Å². The van der Waals surface area contributed by atoms with Gasteiger partial charge in [0.15, 0.2) is 18.1 Å². The van der Waals surface area contributed by atoms with Crippen LogP contribution in [0.1, 0.15) is 74.7 Å². The molecular formula is C42H42ClFN2O7. The van der Waals surface area contributed by atoms with E-state index < -0.39 is 64.3 Å². The number of fused-ring (bicyclic) bond motifs is 6. The topological polar surface area (TPSA) is 143 Å². The molecule has 4 saturated carbocycles. The summed E-state index contributed by atoms with van der Waals surface area (Å²) < 4.78 is 23.0. The Labute approximate surface area is 311 Å². The van der Waals surface area contributed by atoms with E-state index in [0.29, 0.717) is 42.0 Å². The van der Waals surface area contributed by atoms with Gasteiger partial charge in [-0.25, -0.2) is 9.18 Å². The quantitative estimate of drug-likeness (QED) is 0.227. The summed E-state index contributed by atoms with van der Waals surface area (Å²) in [7, 11) is 0. The van der Waals surface area contributed by atoms with Gasteiger partial charge in [-0.1, -0.05) is 55.3 Å². The number of carbonyl (C=O) groups excluding carboxylic acids is 4. The predicted octanol–water partition coefficient (Wildman–Crippen LogP) is 6.70. The number of Topliss-reactive ketones (excluding diaryl/α,β-unsaturated/α-hetero) is 1. The molecule has 11 heteroatoms. The van der Waals surface area contributed by atoms with Gasteiger partial charge >= 0.3 is 5.97 Å². The third-order valence-electron chi connectivity index (χ3n) is 13.6. The highest BCUT2D eigenvalue weighted by Crippen LogP contribution is 2.70. The Morgan fingerprint density at radius 1 is 1.09 bits per heavy atom. The standard InChI is InChI=1S/C42H42ClFN2O7/c1-22-13-33-32-10-8-26-15-28(47)11-12-39(26,2)41(32,44)35(48)18-40(33,3)42(22,52)36(49)21-53-38(51)24-6-4-5-23(14-24)29-17-31(29)37(50)46-27-9-7-25-19-45-20-34(43)30(25)16-27/h4-7,9,11-12,14-16,19-20,22,29,31-33,35,48,52H,8,10,13,17-18,21H2,1-3H3,(H,46,50)/t22-,29+,31-,32+,33+,35+,39+,40+,41+,42+/m1/s1. The second kappa shape index (κ2) is 12.4. The van der Waals surface area contributed by atoms with Crippen molar-refractivity contribution in [3.8, 4) is 0 Å². The van der Waals surface area contributed by atoms with Gasteiger partial charge in [0.1, 0.15) is 5.60 Å². The third-order valence-corrected chi connectivity index (χ3v) is 13.9. The lowest BCUT2D eigenvalue weighted by Crippen LogP contribution is -2.69. The molecule has 276 valence electrons. The fraction of sp³-hybridized carbons (Fsp3) is 0.452. The molecule has 8 rings (SSSR count). The minimum atomic E-state index is -2.09. The zero-order valence-electron chi connectivity index (χ0n) is 29.8. The highest BCUT2D eigenvalue weighted by Gasteiger charge is 2.75. The molecule has 0 saturated heterocycles. The summed E-state index contributed by atoms with van der Waals surface area (Å²) in [6.07, 6.45) is 7.79. The molecule has 9 nitrogen and oxygen atoms in total. The third kappa shape index (κ3) is 5.27. The van der Waals surface area contributed by atoms with Crippen LogP contribution in [0.25, 0.3) is 10.8 Å². The molecule has 2 aromatic carbocycles. The van der Waals surface area contributed by atoms with Gasteiger partial charge in [0.2, 0.25) is 11.7 Å². The van der Waals surface area contributed by atoms with E-state index in [1.807, 2.05) is 18.2 Å². The molecule has 53 heavy (non-hydrogen) atoms. The van der Waals surface area contributed by atoms with Crippen LogP contribution in [0.2, 0.25) is 5.02 Å². The molecule has 0 aliphatic heterocycles. The monoisotopic (exact) mass is 740 g/mol. The first-order chi connectivity index (χ1) is 25.1. The van der Waals surface area contributed by atoms with Crippen LogP contribution in [-0.2, 0) is 19.1 Å². The molecule has 3 N–H and O–H groups in total. The first-order valence-electron chi connectivity index (χ1n) is 18.3. The average Bonchev–Trinajstić information content (AvgIpc) is 3.91. The number of amides is 1. The number of allylic oxidation sites excluding steroid dienone is 4. The van der Waals surface area contributed by atoms with Gasteiger partial charge in [-0.15, -0.1) is 0 Å². The molecule has 0 unspecified atom stereocenters. The number of pyridine rings is 1. The van der Waals surface area contributed by atoms with Gasteiger partial charge in [-0.2, -0.15) is 0 Å². The van der Waals surface area contributed by atoms with E-state index in [0.717, 1.165) is 16.3 Å². The number of nitrogens with zero attached hydrogens (tertiary/aromatic N) is 1.